The molecule has 0 saturated carbocycles. The van der Waals surface area contributed by atoms with Gasteiger partial charge in [0, 0.05) is 11.0 Å². The van der Waals surface area contributed by atoms with Gasteiger partial charge in [0.05, 0.1) is 6.10 Å². The summed E-state index contributed by atoms with van der Waals surface area (Å²) in [5, 5.41) is 0. The summed E-state index contributed by atoms with van der Waals surface area (Å²) in [6, 6.07) is 8.61. The molecule has 0 amide bonds. The molecule has 0 unspecified atom stereocenters. The van der Waals surface area contributed by atoms with Crippen molar-refractivity contribution in [2.45, 2.75) is 22.9 Å². The summed E-state index contributed by atoms with van der Waals surface area (Å²) in [5.41, 5.74) is 2.85. The Bertz CT molecular complexity index is 298. The van der Waals surface area contributed by atoms with E-state index in [1.165, 1.54) is 24.0 Å². The van der Waals surface area contributed by atoms with E-state index in [9.17, 15) is 0 Å². The van der Waals surface area contributed by atoms with E-state index < -0.39 is 0 Å². The molecule has 1 aliphatic carbocycles. The first-order chi connectivity index (χ1) is 6.33. The van der Waals surface area contributed by atoms with Gasteiger partial charge in [0.15, 0.2) is 0 Å². The van der Waals surface area contributed by atoms with Gasteiger partial charge in [0.1, 0.15) is 0 Å². The standard InChI is InChI=1S/C11H13IO/c1-13-11-9-5-3-2-4-8(9)6-7-10(11)12/h2-5,10-11H,6-7H2,1H3/t10-,11-/m1/s1. The van der Waals surface area contributed by atoms with Crippen molar-refractivity contribution in [3.63, 3.8) is 0 Å². The molecule has 2 rings (SSSR count). The van der Waals surface area contributed by atoms with Crippen molar-refractivity contribution >= 4 is 22.6 Å². The number of halogens is 1. The van der Waals surface area contributed by atoms with Gasteiger partial charge in [-0.1, -0.05) is 46.9 Å². The van der Waals surface area contributed by atoms with Gasteiger partial charge >= 0.3 is 0 Å². The molecule has 0 aromatic heterocycles. The number of ether oxygens (including phenoxy) is 1. The van der Waals surface area contributed by atoms with Crippen LogP contribution in [0.3, 0.4) is 0 Å². The third-order valence-corrected chi connectivity index (χ3v) is 3.91. The minimum absolute atomic E-state index is 0.297. The highest BCUT2D eigenvalue weighted by Crippen LogP contribution is 2.36. The molecule has 0 N–H and O–H groups in total. The van der Waals surface area contributed by atoms with Crippen LogP contribution in [-0.2, 0) is 11.2 Å². The Kier molecular flexibility index (Phi) is 2.89. The highest BCUT2D eigenvalue weighted by atomic mass is 127. The zero-order valence-electron chi connectivity index (χ0n) is 7.66. The predicted octanol–water partition coefficient (Wildman–Crippen LogP) is 3.12. The average molecular weight is 288 g/mol. The number of benzene rings is 1. The first kappa shape index (κ1) is 9.46. The van der Waals surface area contributed by atoms with Crippen LogP contribution in [0.4, 0.5) is 0 Å². The second-order valence-corrected chi connectivity index (χ2v) is 5.01. The highest BCUT2D eigenvalue weighted by Gasteiger charge is 2.26. The van der Waals surface area contributed by atoms with Crippen LogP contribution in [0.5, 0.6) is 0 Å². The number of hydrogen-bond acceptors (Lipinski definition) is 1. The molecule has 13 heavy (non-hydrogen) atoms. The molecule has 1 aromatic carbocycles. The molecule has 1 aliphatic rings. The molecule has 0 aliphatic heterocycles. The Morgan fingerprint density at radius 1 is 1.38 bits per heavy atom. The van der Waals surface area contributed by atoms with Gasteiger partial charge in [-0.25, -0.2) is 0 Å². The number of methoxy groups -OCH3 is 1. The van der Waals surface area contributed by atoms with Gasteiger partial charge in [-0.2, -0.15) is 0 Å². The Labute approximate surface area is 92.6 Å². The van der Waals surface area contributed by atoms with Crippen LogP contribution in [-0.4, -0.2) is 11.0 Å². The van der Waals surface area contributed by atoms with Gasteiger partial charge in [-0.05, 0) is 24.0 Å². The molecular formula is C11H13IO. The summed E-state index contributed by atoms with van der Waals surface area (Å²) in [6.07, 6.45) is 2.73. The van der Waals surface area contributed by atoms with Crippen LogP contribution >= 0.6 is 22.6 Å². The van der Waals surface area contributed by atoms with E-state index in [0.29, 0.717) is 10.0 Å². The van der Waals surface area contributed by atoms with Crippen LogP contribution in [0.1, 0.15) is 23.7 Å². The summed E-state index contributed by atoms with van der Waals surface area (Å²) < 4.78 is 6.15. The number of aryl methyl sites for hydroxylation is 1. The summed E-state index contributed by atoms with van der Waals surface area (Å²) in [4.78, 5) is 0. The Morgan fingerprint density at radius 2 is 2.15 bits per heavy atom. The van der Waals surface area contributed by atoms with E-state index in [0.717, 1.165) is 0 Å². The SMILES string of the molecule is CO[C@@H]1c2ccccc2CC[C@H]1I. The summed E-state index contributed by atoms with van der Waals surface area (Å²) in [5.74, 6) is 0. The van der Waals surface area contributed by atoms with E-state index in [-0.39, 0.29) is 0 Å². The maximum Gasteiger partial charge on any atom is 0.0941 e. The number of hydrogen-bond donors (Lipinski definition) is 0. The predicted molar refractivity (Wildman–Crippen MR) is 62.3 cm³/mol. The number of rotatable bonds is 1. The van der Waals surface area contributed by atoms with Crippen molar-refractivity contribution in [2.24, 2.45) is 0 Å². The van der Waals surface area contributed by atoms with Gasteiger partial charge in [0.25, 0.3) is 0 Å². The normalized spacial score (nSPS) is 26.9. The zero-order valence-corrected chi connectivity index (χ0v) is 9.82. The third kappa shape index (κ3) is 1.74. The average Bonchev–Trinajstić information content (AvgIpc) is 2.18. The van der Waals surface area contributed by atoms with Crippen LogP contribution in [0.15, 0.2) is 24.3 Å². The topological polar surface area (TPSA) is 9.23 Å². The first-order valence-electron chi connectivity index (χ1n) is 4.57. The van der Waals surface area contributed by atoms with E-state index in [1.807, 2.05) is 0 Å². The molecule has 0 spiro atoms. The van der Waals surface area contributed by atoms with Gasteiger partial charge in [0.2, 0.25) is 0 Å². The monoisotopic (exact) mass is 288 g/mol. The Morgan fingerprint density at radius 3 is 2.92 bits per heavy atom. The van der Waals surface area contributed by atoms with E-state index in [2.05, 4.69) is 46.9 Å². The quantitative estimate of drug-likeness (QED) is 0.570. The lowest BCUT2D eigenvalue weighted by Gasteiger charge is -2.28. The smallest absolute Gasteiger partial charge is 0.0941 e. The van der Waals surface area contributed by atoms with E-state index in [4.69, 9.17) is 4.74 Å². The number of fused-ring (bicyclic) bond motifs is 1. The van der Waals surface area contributed by atoms with Crippen molar-refractivity contribution in [3.05, 3.63) is 35.4 Å². The van der Waals surface area contributed by atoms with Crippen LogP contribution < -0.4 is 0 Å². The van der Waals surface area contributed by atoms with Crippen LogP contribution in [0.25, 0.3) is 0 Å². The lowest BCUT2D eigenvalue weighted by atomic mass is 9.89. The second-order valence-electron chi connectivity index (χ2n) is 3.41. The fourth-order valence-corrected chi connectivity index (χ4v) is 2.95. The minimum atomic E-state index is 0.297. The molecule has 0 fully saturated rings. The first-order valence-corrected chi connectivity index (χ1v) is 5.82. The van der Waals surface area contributed by atoms with Crippen molar-refractivity contribution in [3.8, 4) is 0 Å². The number of alkyl halides is 1. The van der Waals surface area contributed by atoms with Crippen molar-refractivity contribution < 1.29 is 4.74 Å². The molecule has 0 heterocycles. The summed E-state index contributed by atoms with van der Waals surface area (Å²) in [7, 11) is 1.80. The molecule has 1 nitrogen and oxygen atoms in total. The maximum atomic E-state index is 5.52. The zero-order chi connectivity index (χ0) is 9.26. The van der Waals surface area contributed by atoms with Gasteiger partial charge in [-0.15, -0.1) is 0 Å². The third-order valence-electron chi connectivity index (χ3n) is 2.63. The van der Waals surface area contributed by atoms with E-state index >= 15 is 0 Å². The molecule has 0 bridgehead atoms. The second kappa shape index (κ2) is 3.96. The molecule has 0 radical (unpaired) electrons. The van der Waals surface area contributed by atoms with Crippen molar-refractivity contribution in [1.29, 1.82) is 0 Å². The molecule has 2 heteroatoms. The fraction of sp³-hybridized carbons (Fsp3) is 0.455. The van der Waals surface area contributed by atoms with Crippen LogP contribution in [0.2, 0.25) is 0 Å². The van der Waals surface area contributed by atoms with Crippen molar-refractivity contribution in [2.75, 3.05) is 7.11 Å². The minimum Gasteiger partial charge on any atom is -0.376 e. The maximum absolute atomic E-state index is 5.52. The lowest BCUT2D eigenvalue weighted by Crippen LogP contribution is -2.21. The molecule has 0 saturated heterocycles. The lowest BCUT2D eigenvalue weighted by molar-refractivity contribution is 0.0973. The van der Waals surface area contributed by atoms with Gasteiger partial charge in [-0.3, -0.25) is 0 Å². The fourth-order valence-electron chi connectivity index (χ4n) is 1.95. The van der Waals surface area contributed by atoms with E-state index in [1.54, 1.807) is 7.11 Å². The molecule has 70 valence electrons. The molecule has 1 aromatic rings. The summed E-state index contributed by atoms with van der Waals surface area (Å²) >= 11 is 2.49. The van der Waals surface area contributed by atoms with Crippen molar-refractivity contribution in [1.82, 2.24) is 0 Å². The Balaban J connectivity index is 2.39. The van der Waals surface area contributed by atoms with Gasteiger partial charge < -0.3 is 4.74 Å². The Hall–Kier alpha value is -0.0900. The largest absolute Gasteiger partial charge is 0.376 e. The van der Waals surface area contributed by atoms with Crippen LogP contribution in [0, 0.1) is 0 Å². The molecule has 2 atom stereocenters. The summed E-state index contributed by atoms with van der Waals surface area (Å²) in [6.45, 7) is 0. The highest BCUT2D eigenvalue weighted by molar-refractivity contribution is 14.1. The molecular weight excluding hydrogens is 275 g/mol.